The van der Waals surface area contributed by atoms with Gasteiger partial charge in [-0.3, -0.25) is 4.79 Å². The van der Waals surface area contributed by atoms with E-state index in [0.717, 1.165) is 11.9 Å². The highest BCUT2D eigenvalue weighted by atomic mass is 32.2. The van der Waals surface area contributed by atoms with E-state index in [-0.39, 0.29) is 10.8 Å². The molecule has 1 atom stereocenters. The topological polar surface area (TPSA) is 99.3 Å². The van der Waals surface area contributed by atoms with Crippen molar-refractivity contribution in [3.63, 3.8) is 0 Å². The lowest BCUT2D eigenvalue weighted by Gasteiger charge is -2.08. The third-order valence-electron chi connectivity index (χ3n) is 3.66. The summed E-state index contributed by atoms with van der Waals surface area (Å²) in [5, 5.41) is 12.2. The molecule has 2 rings (SSSR count). The minimum absolute atomic E-state index is 0.248. The second-order valence-electron chi connectivity index (χ2n) is 6.09. The molecule has 1 heterocycles. The number of aliphatic hydroxyl groups excluding tert-OH is 1. The Morgan fingerprint density at radius 2 is 1.96 bits per heavy atom. The van der Waals surface area contributed by atoms with Gasteiger partial charge in [-0.05, 0) is 50.6 Å². The molecule has 0 radical (unpaired) electrons. The number of aromatic nitrogens is 1. The van der Waals surface area contributed by atoms with Crippen molar-refractivity contribution in [1.82, 2.24) is 4.98 Å². The fraction of sp³-hybridized carbons (Fsp3) is 0.353. The van der Waals surface area contributed by atoms with Gasteiger partial charge < -0.3 is 15.4 Å². The lowest BCUT2D eigenvalue weighted by Crippen LogP contribution is -2.13. The predicted molar refractivity (Wildman–Crippen MR) is 93.2 cm³/mol. The van der Waals surface area contributed by atoms with Crippen LogP contribution in [0.5, 0.6) is 0 Å². The summed E-state index contributed by atoms with van der Waals surface area (Å²) in [4.78, 5) is 15.7. The molecule has 2 aromatic rings. The van der Waals surface area contributed by atoms with Gasteiger partial charge in [0.15, 0.2) is 9.84 Å². The second-order valence-corrected chi connectivity index (χ2v) is 8.08. The molecule has 0 aliphatic carbocycles. The van der Waals surface area contributed by atoms with Crippen LogP contribution in [0, 0.1) is 13.8 Å². The second kappa shape index (κ2) is 6.78. The van der Waals surface area contributed by atoms with E-state index in [9.17, 15) is 18.3 Å². The Kier molecular flexibility index (Phi) is 5.15. The Bertz CT molecular complexity index is 867. The molecule has 1 aromatic heterocycles. The van der Waals surface area contributed by atoms with Crippen LogP contribution in [0.2, 0.25) is 0 Å². The van der Waals surface area contributed by atoms with E-state index in [1.165, 1.54) is 6.07 Å². The molecule has 0 bridgehead atoms. The molecule has 3 N–H and O–H groups in total. The number of anilines is 1. The van der Waals surface area contributed by atoms with Crippen LogP contribution in [-0.4, -0.2) is 36.8 Å². The van der Waals surface area contributed by atoms with Gasteiger partial charge in [0, 0.05) is 29.8 Å². The zero-order valence-electron chi connectivity index (χ0n) is 14.2. The van der Waals surface area contributed by atoms with Gasteiger partial charge in [-0.25, -0.2) is 8.42 Å². The quantitative estimate of drug-likeness (QED) is 0.770. The minimum atomic E-state index is -3.29. The average Bonchev–Trinajstić information content (AvgIpc) is 2.77. The Morgan fingerprint density at radius 1 is 1.29 bits per heavy atom. The molecule has 1 aromatic carbocycles. The first-order valence-corrected chi connectivity index (χ1v) is 9.45. The number of aryl methyl sites for hydroxylation is 2. The molecule has 0 aliphatic rings. The van der Waals surface area contributed by atoms with E-state index in [1.807, 2.05) is 0 Å². The first-order chi connectivity index (χ1) is 11.1. The number of carbonyl (C=O) groups excluding carboxylic acids is 1. The van der Waals surface area contributed by atoms with E-state index in [0.29, 0.717) is 28.9 Å². The van der Waals surface area contributed by atoms with Crippen molar-refractivity contribution in [1.29, 1.82) is 0 Å². The number of hydrogen-bond donors (Lipinski definition) is 3. The van der Waals surface area contributed by atoms with Gasteiger partial charge in [-0.2, -0.15) is 0 Å². The molecule has 6 nitrogen and oxygen atoms in total. The molecule has 7 heteroatoms. The van der Waals surface area contributed by atoms with Crippen molar-refractivity contribution in [3.05, 3.63) is 46.8 Å². The first kappa shape index (κ1) is 18.2. The molecule has 0 aliphatic heterocycles. The Morgan fingerprint density at radius 3 is 2.50 bits per heavy atom. The number of aliphatic hydroxyl groups is 1. The maximum absolute atomic E-state index is 12.4. The van der Waals surface area contributed by atoms with Crippen molar-refractivity contribution in [2.75, 3.05) is 11.6 Å². The van der Waals surface area contributed by atoms with Crippen LogP contribution in [-0.2, 0) is 16.3 Å². The number of H-pyrrole nitrogens is 1. The van der Waals surface area contributed by atoms with Crippen molar-refractivity contribution in [2.45, 2.75) is 38.2 Å². The smallest absolute Gasteiger partial charge is 0.257 e. The monoisotopic (exact) mass is 350 g/mol. The number of benzene rings is 1. The fourth-order valence-corrected chi connectivity index (χ4v) is 3.59. The maximum Gasteiger partial charge on any atom is 0.257 e. The largest absolute Gasteiger partial charge is 0.393 e. The van der Waals surface area contributed by atoms with Gasteiger partial charge in [0.05, 0.1) is 16.6 Å². The van der Waals surface area contributed by atoms with Crippen LogP contribution in [0.1, 0.15) is 34.2 Å². The fourth-order valence-electron chi connectivity index (χ4n) is 2.63. The average molecular weight is 350 g/mol. The summed E-state index contributed by atoms with van der Waals surface area (Å²) in [7, 11) is -3.29. The molecule has 130 valence electrons. The minimum Gasteiger partial charge on any atom is -0.393 e. The normalized spacial score (nSPS) is 12.9. The van der Waals surface area contributed by atoms with Gasteiger partial charge >= 0.3 is 0 Å². The number of amides is 1. The van der Waals surface area contributed by atoms with E-state index in [2.05, 4.69) is 10.3 Å². The molecule has 1 unspecified atom stereocenters. The number of aromatic amines is 1. The molecular formula is C17H22N2O4S. The van der Waals surface area contributed by atoms with Crippen LogP contribution in [0.3, 0.4) is 0 Å². The lowest BCUT2D eigenvalue weighted by molar-refractivity contribution is 0.102. The number of sulfone groups is 1. The van der Waals surface area contributed by atoms with Crippen LogP contribution < -0.4 is 5.32 Å². The Labute approximate surface area is 141 Å². The van der Waals surface area contributed by atoms with E-state index < -0.39 is 15.9 Å². The van der Waals surface area contributed by atoms with E-state index in [1.54, 1.807) is 39.0 Å². The highest BCUT2D eigenvalue weighted by Gasteiger charge is 2.15. The lowest BCUT2D eigenvalue weighted by atomic mass is 10.1. The number of rotatable bonds is 5. The number of hydrogen-bond acceptors (Lipinski definition) is 4. The molecule has 24 heavy (non-hydrogen) atoms. The number of nitrogens with one attached hydrogen (secondary N) is 2. The third-order valence-corrected chi connectivity index (χ3v) is 4.92. The van der Waals surface area contributed by atoms with Crippen molar-refractivity contribution in [2.24, 2.45) is 0 Å². The summed E-state index contributed by atoms with van der Waals surface area (Å²) in [5.41, 5.74) is 3.11. The van der Waals surface area contributed by atoms with Crippen LogP contribution in [0.15, 0.2) is 29.2 Å². The van der Waals surface area contributed by atoms with Crippen molar-refractivity contribution >= 4 is 21.4 Å². The highest BCUT2D eigenvalue weighted by Crippen LogP contribution is 2.21. The predicted octanol–water partition coefficient (Wildman–Crippen LogP) is 2.21. The molecule has 0 saturated heterocycles. The van der Waals surface area contributed by atoms with Crippen LogP contribution in [0.25, 0.3) is 0 Å². The highest BCUT2D eigenvalue weighted by molar-refractivity contribution is 7.90. The zero-order chi connectivity index (χ0) is 18.1. The summed E-state index contributed by atoms with van der Waals surface area (Å²) in [6, 6.07) is 6.41. The number of carbonyl (C=O) groups is 1. The van der Waals surface area contributed by atoms with Gasteiger partial charge in [0.25, 0.3) is 5.91 Å². The van der Waals surface area contributed by atoms with Crippen LogP contribution >= 0.6 is 0 Å². The standard InChI is InChI=1S/C17H22N2O4S/c1-10-7-13(5-6-16(10)24(4,22)23)19-17(21)15-9-14(8-11(2)20)18-12(15)3/h5-7,9,11,18,20H,8H2,1-4H3,(H,19,21). The first-order valence-electron chi connectivity index (χ1n) is 7.56. The molecule has 0 fully saturated rings. The van der Waals surface area contributed by atoms with Gasteiger partial charge in [-0.15, -0.1) is 0 Å². The van der Waals surface area contributed by atoms with Crippen molar-refractivity contribution in [3.8, 4) is 0 Å². The summed E-state index contributed by atoms with van der Waals surface area (Å²) in [6.07, 6.45) is 1.10. The van der Waals surface area contributed by atoms with Gasteiger partial charge in [0.1, 0.15) is 0 Å². The molecular weight excluding hydrogens is 328 g/mol. The maximum atomic E-state index is 12.4. The summed E-state index contributed by atoms with van der Waals surface area (Å²) in [6.45, 7) is 5.16. The Hall–Kier alpha value is -2.12. The summed E-state index contributed by atoms with van der Waals surface area (Å²) >= 11 is 0. The van der Waals surface area contributed by atoms with Crippen LogP contribution in [0.4, 0.5) is 5.69 Å². The SMILES string of the molecule is Cc1cc(NC(=O)c2cc(CC(C)O)[nH]c2C)ccc1S(C)(=O)=O. The molecule has 0 saturated carbocycles. The summed E-state index contributed by atoms with van der Waals surface area (Å²) in [5.74, 6) is -0.285. The summed E-state index contributed by atoms with van der Waals surface area (Å²) < 4.78 is 23.3. The van der Waals surface area contributed by atoms with E-state index >= 15 is 0 Å². The molecule has 0 spiro atoms. The van der Waals surface area contributed by atoms with E-state index in [4.69, 9.17) is 0 Å². The van der Waals surface area contributed by atoms with Crippen molar-refractivity contribution < 1.29 is 18.3 Å². The zero-order valence-corrected chi connectivity index (χ0v) is 15.0. The van der Waals surface area contributed by atoms with Gasteiger partial charge in [-0.1, -0.05) is 0 Å². The Balaban J connectivity index is 2.21. The van der Waals surface area contributed by atoms with Gasteiger partial charge in [0.2, 0.25) is 0 Å². The molecule has 1 amide bonds. The third kappa shape index (κ3) is 4.24.